The molecule has 0 bridgehead atoms. The Bertz CT molecular complexity index is 3980. The maximum atomic E-state index is 7.74. The van der Waals surface area contributed by atoms with Crippen molar-refractivity contribution in [3.8, 4) is 68.2 Å². The van der Waals surface area contributed by atoms with Gasteiger partial charge in [0.15, 0.2) is 0 Å². The van der Waals surface area contributed by atoms with E-state index in [0.29, 0.717) is 17.2 Å². The molecule has 4 heterocycles. The Morgan fingerprint density at radius 3 is 1.39 bits per heavy atom. The predicted molar refractivity (Wildman–Crippen MR) is 302 cm³/mol. The molecule has 11 aromatic rings. The van der Waals surface area contributed by atoms with Gasteiger partial charge in [-0.1, -0.05) is 170 Å². The molecular formula is C66H42B2N2O4. The van der Waals surface area contributed by atoms with E-state index in [1.165, 1.54) is 16.4 Å². The summed E-state index contributed by atoms with van der Waals surface area (Å²) in [4.78, 5) is 4.90. The van der Waals surface area contributed by atoms with E-state index in [4.69, 9.17) is 18.9 Å². The van der Waals surface area contributed by atoms with Crippen LogP contribution in [0, 0.1) is 0 Å². The summed E-state index contributed by atoms with van der Waals surface area (Å²) in [6, 6.07) is 89.2. The average molecular weight is 949 g/mol. The van der Waals surface area contributed by atoms with Crippen LogP contribution in [-0.2, 0) is 0 Å². The van der Waals surface area contributed by atoms with E-state index in [1.807, 2.05) is 72.8 Å². The fourth-order valence-corrected chi connectivity index (χ4v) is 11.9. The minimum absolute atomic E-state index is 0.266. The first-order valence-corrected chi connectivity index (χ1v) is 25.1. The largest absolute Gasteiger partial charge is 0.458 e. The van der Waals surface area contributed by atoms with Gasteiger partial charge in [-0.25, -0.2) is 0 Å². The summed E-state index contributed by atoms with van der Waals surface area (Å²) in [7, 11) is 0. The number of benzene rings is 11. The molecule has 4 aliphatic heterocycles. The van der Waals surface area contributed by atoms with Crippen molar-refractivity contribution in [3.05, 3.63) is 255 Å². The average Bonchev–Trinajstić information content (AvgIpc) is 3.52. The van der Waals surface area contributed by atoms with Crippen LogP contribution in [0.15, 0.2) is 255 Å². The number of ether oxygens (including phenoxy) is 4. The molecule has 6 nitrogen and oxygen atoms in total. The predicted octanol–water partition coefficient (Wildman–Crippen LogP) is 13.4. The number of hydrogen-bond acceptors (Lipinski definition) is 6. The summed E-state index contributed by atoms with van der Waals surface area (Å²) in [5.74, 6) is 5.78. The monoisotopic (exact) mass is 948 g/mol. The lowest BCUT2D eigenvalue weighted by atomic mass is 9.29. The molecule has 0 atom stereocenters. The summed E-state index contributed by atoms with van der Waals surface area (Å²) >= 11 is 0. The van der Waals surface area contributed by atoms with Crippen LogP contribution in [0.4, 0.5) is 34.1 Å². The SMILES string of the molecule is c1ccc(Oc2cc3c4c(c2)Oc2c(c(-c5ccccc5)c5c(c2-c2ccccc2)N(c2ccccc2)c2cc(Oc6ccccc6)cc6c2B5c2ccccc2N6c2ccccc2)B4c2ccccc2O3)cc1. The summed E-state index contributed by atoms with van der Waals surface area (Å²) in [6.07, 6.45) is 0. The van der Waals surface area contributed by atoms with E-state index in [2.05, 4.69) is 192 Å². The first-order valence-electron chi connectivity index (χ1n) is 25.1. The van der Waals surface area contributed by atoms with Crippen LogP contribution in [0.2, 0.25) is 0 Å². The Kier molecular flexibility index (Phi) is 9.67. The second kappa shape index (κ2) is 17.0. The normalized spacial score (nSPS) is 13.0. The molecular weight excluding hydrogens is 906 g/mol. The van der Waals surface area contributed by atoms with Crippen molar-refractivity contribution >= 4 is 80.3 Å². The van der Waals surface area contributed by atoms with Crippen LogP contribution in [0.1, 0.15) is 0 Å². The molecule has 0 aliphatic carbocycles. The Morgan fingerprint density at radius 2 is 0.770 bits per heavy atom. The van der Waals surface area contributed by atoms with Gasteiger partial charge >= 0.3 is 0 Å². The summed E-state index contributed by atoms with van der Waals surface area (Å²) in [5, 5.41) is 0. The van der Waals surface area contributed by atoms with Crippen LogP contribution in [0.3, 0.4) is 0 Å². The third-order valence-corrected chi connectivity index (χ3v) is 14.8. The lowest BCUT2D eigenvalue weighted by molar-refractivity contribution is 0.443. The molecule has 0 amide bonds. The van der Waals surface area contributed by atoms with Gasteiger partial charge in [0.05, 0.1) is 5.69 Å². The van der Waals surface area contributed by atoms with Crippen LogP contribution in [-0.4, -0.2) is 13.4 Å². The first-order chi connectivity index (χ1) is 36.7. The fourth-order valence-electron chi connectivity index (χ4n) is 11.9. The van der Waals surface area contributed by atoms with E-state index < -0.39 is 0 Å². The zero-order valence-corrected chi connectivity index (χ0v) is 39.9. The molecule has 346 valence electrons. The summed E-state index contributed by atoms with van der Waals surface area (Å²) in [5.41, 5.74) is 17.1. The molecule has 15 rings (SSSR count). The molecule has 74 heavy (non-hydrogen) atoms. The number of rotatable bonds is 8. The highest BCUT2D eigenvalue weighted by molar-refractivity contribution is 7.04. The summed E-state index contributed by atoms with van der Waals surface area (Å²) in [6.45, 7) is -0.563. The van der Waals surface area contributed by atoms with Crippen molar-refractivity contribution in [2.75, 3.05) is 9.80 Å². The van der Waals surface area contributed by atoms with Gasteiger partial charge in [-0.15, -0.1) is 0 Å². The Morgan fingerprint density at radius 1 is 0.311 bits per heavy atom. The highest BCUT2D eigenvalue weighted by atomic mass is 16.5. The molecule has 0 fully saturated rings. The van der Waals surface area contributed by atoms with Gasteiger partial charge in [-0.3, -0.25) is 0 Å². The van der Waals surface area contributed by atoms with Crippen LogP contribution in [0.5, 0.6) is 46.0 Å². The molecule has 0 spiro atoms. The Labute approximate surface area is 430 Å². The maximum Gasteiger partial charge on any atom is 0.261 e. The minimum atomic E-state index is -0.296. The second-order valence-electron chi connectivity index (χ2n) is 19.0. The smallest absolute Gasteiger partial charge is 0.261 e. The fraction of sp³-hybridized carbons (Fsp3) is 0. The van der Waals surface area contributed by atoms with E-state index >= 15 is 0 Å². The molecule has 11 aromatic carbocycles. The van der Waals surface area contributed by atoms with Crippen LogP contribution >= 0.6 is 0 Å². The van der Waals surface area contributed by atoms with Crippen molar-refractivity contribution < 1.29 is 18.9 Å². The van der Waals surface area contributed by atoms with E-state index in [1.54, 1.807) is 0 Å². The van der Waals surface area contributed by atoms with Crippen LogP contribution in [0.25, 0.3) is 22.3 Å². The molecule has 4 aliphatic rings. The van der Waals surface area contributed by atoms with Crippen molar-refractivity contribution in [2.24, 2.45) is 0 Å². The molecule has 0 aromatic heterocycles. The minimum Gasteiger partial charge on any atom is -0.458 e. The van der Waals surface area contributed by atoms with E-state index in [0.717, 1.165) is 102 Å². The van der Waals surface area contributed by atoms with Gasteiger partial charge in [0.25, 0.3) is 13.4 Å². The van der Waals surface area contributed by atoms with Gasteiger partial charge in [0, 0.05) is 63.7 Å². The topological polar surface area (TPSA) is 43.4 Å². The number of hydrogen-bond donors (Lipinski definition) is 0. The van der Waals surface area contributed by atoms with E-state index in [-0.39, 0.29) is 13.4 Å². The number of para-hydroxylation sites is 6. The van der Waals surface area contributed by atoms with Gasteiger partial charge < -0.3 is 28.7 Å². The van der Waals surface area contributed by atoms with Gasteiger partial charge in [0.1, 0.15) is 46.0 Å². The molecule has 0 N–H and O–H groups in total. The molecule has 8 heteroatoms. The molecule has 0 saturated carbocycles. The maximum absolute atomic E-state index is 7.74. The van der Waals surface area contributed by atoms with Gasteiger partial charge in [0.2, 0.25) is 0 Å². The van der Waals surface area contributed by atoms with Crippen LogP contribution < -0.4 is 61.5 Å². The number of fused-ring (bicyclic) bond motifs is 8. The third-order valence-electron chi connectivity index (χ3n) is 14.8. The zero-order valence-electron chi connectivity index (χ0n) is 39.9. The third kappa shape index (κ3) is 6.62. The molecule has 0 radical (unpaired) electrons. The zero-order chi connectivity index (χ0) is 48.7. The highest BCUT2D eigenvalue weighted by Gasteiger charge is 2.51. The van der Waals surface area contributed by atoms with Gasteiger partial charge in [-0.2, -0.15) is 0 Å². The quantitative estimate of drug-likeness (QED) is 0.141. The lowest BCUT2D eigenvalue weighted by Gasteiger charge is -2.47. The van der Waals surface area contributed by atoms with Crippen molar-refractivity contribution in [3.63, 3.8) is 0 Å². The number of anilines is 6. The highest BCUT2D eigenvalue weighted by Crippen LogP contribution is 2.54. The summed E-state index contributed by atoms with van der Waals surface area (Å²) < 4.78 is 28.3. The molecule has 0 unspecified atom stereocenters. The van der Waals surface area contributed by atoms with Gasteiger partial charge in [-0.05, 0) is 105 Å². The van der Waals surface area contributed by atoms with Crippen molar-refractivity contribution in [1.82, 2.24) is 0 Å². The Hall–Kier alpha value is -9.65. The van der Waals surface area contributed by atoms with Crippen molar-refractivity contribution in [2.45, 2.75) is 0 Å². The molecule has 0 saturated heterocycles. The standard InChI is InChI=1S/C66H42B2N2O4/c1-7-23-43(24-8-1)59-63-65(60(44-25-9-2-10-26-44)66-64(59)68-52-36-20-22-38-56(52)73-57-41-50(42-58(74-66)62(57)68)72-48-33-17-6-18-34-48)70(46-29-13-4-14-30-46)55-40-49(71-47-31-15-5-16-32-47)39-54-61(55)67(63)51-35-19-21-37-53(51)69(54)45-27-11-3-12-28-45/h1-42H. The second-order valence-corrected chi connectivity index (χ2v) is 19.0. The van der Waals surface area contributed by atoms with Crippen molar-refractivity contribution in [1.29, 1.82) is 0 Å². The first kappa shape index (κ1) is 42.1. The Balaban J connectivity index is 1.12. The van der Waals surface area contributed by atoms with E-state index in [9.17, 15) is 0 Å². The number of nitrogens with zero attached hydrogens (tertiary/aromatic N) is 2. The lowest BCUT2D eigenvalue weighted by Crippen LogP contribution is -2.65.